The van der Waals surface area contributed by atoms with Gasteiger partial charge in [0.15, 0.2) is 5.69 Å². The van der Waals surface area contributed by atoms with Gasteiger partial charge in [-0.05, 0) is 18.6 Å². The molecule has 122 valence electrons. The summed E-state index contributed by atoms with van der Waals surface area (Å²) in [6.07, 6.45) is 3.70. The Hall–Kier alpha value is -3.14. The van der Waals surface area contributed by atoms with Gasteiger partial charge in [0.25, 0.3) is 0 Å². The van der Waals surface area contributed by atoms with E-state index in [0.717, 1.165) is 38.3 Å². The van der Waals surface area contributed by atoms with E-state index in [4.69, 9.17) is 5.11 Å². The summed E-state index contributed by atoms with van der Waals surface area (Å²) in [5.41, 5.74) is 1.57. The van der Waals surface area contributed by atoms with Gasteiger partial charge in [-0.25, -0.2) is 14.8 Å². The Kier molecular flexibility index (Phi) is 4.57. The van der Waals surface area contributed by atoms with E-state index in [-0.39, 0.29) is 5.69 Å². The predicted octanol–water partition coefficient (Wildman–Crippen LogP) is 1.76. The first-order chi connectivity index (χ1) is 11.7. The Morgan fingerprint density at radius 2 is 1.83 bits per heavy atom. The average Bonchev–Trinajstić information content (AvgIpc) is 2.88. The van der Waals surface area contributed by atoms with Crippen LogP contribution in [-0.4, -0.2) is 47.2 Å². The minimum Gasteiger partial charge on any atom is -0.476 e. The molecule has 1 aliphatic rings. The van der Waals surface area contributed by atoms with Gasteiger partial charge in [-0.2, -0.15) is 5.26 Å². The number of hydrogen-bond donors (Lipinski definition) is 1. The lowest BCUT2D eigenvalue weighted by molar-refractivity contribution is 0.0690. The summed E-state index contributed by atoms with van der Waals surface area (Å²) in [6.45, 7) is 3.17. The third kappa shape index (κ3) is 3.27. The number of aromatic carboxylic acids is 1. The Morgan fingerprint density at radius 3 is 2.54 bits per heavy atom. The van der Waals surface area contributed by atoms with Crippen molar-refractivity contribution in [1.29, 1.82) is 5.26 Å². The van der Waals surface area contributed by atoms with Crippen molar-refractivity contribution in [2.24, 2.45) is 0 Å². The first-order valence-electron chi connectivity index (χ1n) is 7.73. The van der Waals surface area contributed by atoms with E-state index in [1.54, 1.807) is 0 Å². The molecule has 24 heavy (non-hydrogen) atoms. The molecule has 1 aromatic carbocycles. The lowest BCUT2D eigenvalue weighted by atomic mass is 10.1. The maximum atomic E-state index is 10.9. The molecule has 0 atom stereocenters. The van der Waals surface area contributed by atoms with Gasteiger partial charge in [-0.15, -0.1) is 0 Å². The molecule has 0 amide bonds. The Labute approximate surface area is 139 Å². The zero-order valence-electron chi connectivity index (χ0n) is 13.1. The van der Waals surface area contributed by atoms with Gasteiger partial charge in [0.1, 0.15) is 11.9 Å². The minimum atomic E-state index is -1.08. The lowest BCUT2D eigenvalue weighted by Crippen LogP contribution is -2.31. The van der Waals surface area contributed by atoms with E-state index in [2.05, 4.69) is 25.8 Å². The van der Waals surface area contributed by atoms with E-state index in [1.807, 2.05) is 24.3 Å². The lowest BCUT2D eigenvalue weighted by Gasteiger charge is -2.24. The maximum absolute atomic E-state index is 10.9. The molecule has 2 aromatic rings. The summed E-state index contributed by atoms with van der Waals surface area (Å²) in [5.74, 6) is -0.403. The van der Waals surface area contributed by atoms with Crippen LogP contribution in [0, 0.1) is 11.3 Å². The molecule has 7 heteroatoms. The molecule has 0 bridgehead atoms. The molecule has 0 unspecified atom stereocenters. The van der Waals surface area contributed by atoms with Gasteiger partial charge in [0.05, 0.1) is 23.6 Å². The SMILES string of the molecule is N#Cc1ccccc1N1CCCN(c2cnc(C(=O)O)cn2)CC1. The maximum Gasteiger partial charge on any atom is 0.356 e. The minimum absolute atomic E-state index is 0.0573. The highest BCUT2D eigenvalue weighted by atomic mass is 16.4. The molecule has 0 aliphatic carbocycles. The van der Waals surface area contributed by atoms with Crippen LogP contribution in [0.5, 0.6) is 0 Å². The number of para-hydroxylation sites is 1. The van der Waals surface area contributed by atoms with Crippen LogP contribution in [0.25, 0.3) is 0 Å². The third-order valence-corrected chi connectivity index (χ3v) is 4.04. The summed E-state index contributed by atoms with van der Waals surface area (Å²) in [4.78, 5) is 23.3. The number of rotatable bonds is 3. The number of hydrogen-bond acceptors (Lipinski definition) is 6. The highest BCUT2D eigenvalue weighted by Crippen LogP contribution is 2.22. The normalized spacial score (nSPS) is 14.8. The standard InChI is InChI=1S/C17H17N5O2/c18-10-13-4-1-2-5-15(13)21-6-3-7-22(9-8-21)16-12-19-14(11-20-16)17(23)24/h1-2,4-5,11-12H,3,6-9H2,(H,23,24). The number of nitrogens with zero attached hydrogens (tertiary/aromatic N) is 5. The molecule has 1 fully saturated rings. The van der Waals surface area contributed by atoms with E-state index in [9.17, 15) is 10.1 Å². The van der Waals surface area contributed by atoms with Crippen LogP contribution in [0.1, 0.15) is 22.5 Å². The Bertz CT molecular complexity index is 769. The fraction of sp³-hybridized carbons (Fsp3) is 0.294. The summed E-state index contributed by atoms with van der Waals surface area (Å²) in [7, 11) is 0. The van der Waals surface area contributed by atoms with Gasteiger partial charge in [-0.3, -0.25) is 0 Å². The number of nitriles is 1. The predicted molar refractivity (Wildman–Crippen MR) is 89.2 cm³/mol. The fourth-order valence-electron chi connectivity index (χ4n) is 2.83. The van der Waals surface area contributed by atoms with Crippen LogP contribution in [0.2, 0.25) is 0 Å². The molecular formula is C17H17N5O2. The fourth-order valence-corrected chi connectivity index (χ4v) is 2.83. The van der Waals surface area contributed by atoms with Crippen molar-refractivity contribution in [3.8, 4) is 6.07 Å². The van der Waals surface area contributed by atoms with Crippen molar-refractivity contribution in [3.05, 3.63) is 47.9 Å². The first-order valence-corrected chi connectivity index (χ1v) is 7.73. The molecule has 7 nitrogen and oxygen atoms in total. The third-order valence-electron chi connectivity index (χ3n) is 4.04. The van der Waals surface area contributed by atoms with Gasteiger partial charge in [-0.1, -0.05) is 12.1 Å². The Morgan fingerprint density at radius 1 is 1.08 bits per heavy atom. The zero-order chi connectivity index (χ0) is 16.9. The largest absolute Gasteiger partial charge is 0.476 e. The molecule has 2 heterocycles. The highest BCUT2D eigenvalue weighted by molar-refractivity contribution is 5.84. The van der Waals surface area contributed by atoms with Gasteiger partial charge in [0.2, 0.25) is 0 Å². The van der Waals surface area contributed by atoms with E-state index in [1.165, 1.54) is 12.4 Å². The highest BCUT2D eigenvalue weighted by Gasteiger charge is 2.18. The molecule has 3 rings (SSSR count). The quantitative estimate of drug-likeness (QED) is 0.920. The van der Waals surface area contributed by atoms with E-state index >= 15 is 0 Å². The summed E-state index contributed by atoms with van der Waals surface area (Å²) in [6, 6.07) is 9.84. The van der Waals surface area contributed by atoms with E-state index in [0.29, 0.717) is 11.4 Å². The zero-order valence-corrected chi connectivity index (χ0v) is 13.1. The second kappa shape index (κ2) is 6.96. The van der Waals surface area contributed by atoms with Crippen LogP contribution in [0.4, 0.5) is 11.5 Å². The van der Waals surface area contributed by atoms with E-state index < -0.39 is 5.97 Å². The van der Waals surface area contributed by atoms with Crippen LogP contribution in [-0.2, 0) is 0 Å². The van der Waals surface area contributed by atoms with Crippen LogP contribution >= 0.6 is 0 Å². The Balaban J connectivity index is 1.73. The second-order valence-corrected chi connectivity index (χ2v) is 5.52. The van der Waals surface area contributed by atoms with Crippen molar-refractivity contribution in [2.75, 3.05) is 36.0 Å². The molecular weight excluding hydrogens is 306 g/mol. The van der Waals surface area contributed by atoms with Crippen LogP contribution < -0.4 is 9.80 Å². The van der Waals surface area contributed by atoms with Crippen molar-refractivity contribution >= 4 is 17.5 Å². The van der Waals surface area contributed by atoms with Crippen LogP contribution in [0.15, 0.2) is 36.7 Å². The van der Waals surface area contributed by atoms with Crippen molar-refractivity contribution in [1.82, 2.24) is 9.97 Å². The number of carbonyl (C=O) groups is 1. The summed E-state index contributed by atoms with van der Waals surface area (Å²) < 4.78 is 0. The van der Waals surface area contributed by atoms with Crippen LogP contribution in [0.3, 0.4) is 0 Å². The summed E-state index contributed by atoms with van der Waals surface area (Å²) in [5, 5.41) is 18.2. The van der Waals surface area contributed by atoms with Gasteiger partial charge < -0.3 is 14.9 Å². The number of anilines is 2. The molecule has 0 radical (unpaired) electrons. The molecule has 1 aromatic heterocycles. The topological polar surface area (TPSA) is 93.4 Å². The first kappa shape index (κ1) is 15.7. The molecule has 1 N–H and O–H groups in total. The molecule has 0 spiro atoms. The monoisotopic (exact) mass is 323 g/mol. The smallest absolute Gasteiger partial charge is 0.356 e. The number of carboxylic acids is 1. The molecule has 1 aliphatic heterocycles. The average molecular weight is 323 g/mol. The second-order valence-electron chi connectivity index (χ2n) is 5.52. The van der Waals surface area contributed by atoms with Crippen molar-refractivity contribution < 1.29 is 9.90 Å². The number of carboxylic acid groups (broad SMARTS) is 1. The number of benzene rings is 1. The molecule has 1 saturated heterocycles. The van der Waals surface area contributed by atoms with Gasteiger partial charge >= 0.3 is 5.97 Å². The summed E-state index contributed by atoms with van der Waals surface area (Å²) >= 11 is 0. The number of aromatic nitrogens is 2. The molecule has 0 saturated carbocycles. The van der Waals surface area contributed by atoms with Gasteiger partial charge in [0, 0.05) is 26.2 Å². The van der Waals surface area contributed by atoms with Crippen molar-refractivity contribution in [2.45, 2.75) is 6.42 Å². The van der Waals surface area contributed by atoms with Crippen molar-refractivity contribution in [3.63, 3.8) is 0 Å².